The number of rotatable bonds is 8. The van der Waals surface area contributed by atoms with Gasteiger partial charge in [0.05, 0.1) is 33.5 Å². The number of esters is 1. The highest BCUT2D eigenvalue weighted by Gasteiger charge is 2.58. The number of ether oxygens (including phenoxy) is 5. The van der Waals surface area contributed by atoms with E-state index < -0.39 is 29.4 Å². The summed E-state index contributed by atoms with van der Waals surface area (Å²) in [5.41, 5.74) is -0.594. The Morgan fingerprint density at radius 3 is 2.33 bits per heavy atom. The van der Waals surface area contributed by atoms with Crippen LogP contribution in [0.15, 0.2) is 24.3 Å². The quantitative estimate of drug-likeness (QED) is 0.691. The van der Waals surface area contributed by atoms with Crippen LogP contribution in [-0.2, 0) is 30.3 Å². The predicted molar refractivity (Wildman–Crippen MR) is 98.3 cm³/mol. The summed E-state index contributed by atoms with van der Waals surface area (Å²) in [4.78, 5) is 12.4. The van der Waals surface area contributed by atoms with E-state index in [0.717, 1.165) is 11.3 Å². The van der Waals surface area contributed by atoms with Gasteiger partial charge in [-0.2, -0.15) is 0 Å². The molecule has 152 valence electrons. The van der Waals surface area contributed by atoms with Crippen LogP contribution in [0.1, 0.15) is 33.3 Å². The van der Waals surface area contributed by atoms with Crippen LogP contribution < -0.4 is 4.74 Å². The molecule has 0 aromatic heterocycles. The van der Waals surface area contributed by atoms with E-state index in [-0.39, 0.29) is 12.7 Å². The number of aliphatic hydroxyl groups is 1. The Morgan fingerprint density at radius 1 is 1.22 bits per heavy atom. The summed E-state index contributed by atoms with van der Waals surface area (Å²) >= 11 is 0. The monoisotopic (exact) mass is 382 g/mol. The molecular weight excluding hydrogens is 352 g/mol. The minimum atomic E-state index is -1.57. The fourth-order valence-corrected chi connectivity index (χ4v) is 3.10. The summed E-state index contributed by atoms with van der Waals surface area (Å²) in [7, 11) is 2.88. The van der Waals surface area contributed by atoms with Gasteiger partial charge in [0, 0.05) is 5.92 Å². The van der Waals surface area contributed by atoms with E-state index in [4.69, 9.17) is 23.7 Å². The topological polar surface area (TPSA) is 83.5 Å². The summed E-state index contributed by atoms with van der Waals surface area (Å²) in [6.45, 7) is 7.34. The maximum absolute atomic E-state index is 12.4. The molecule has 0 spiro atoms. The van der Waals surface area contributed by atoms with E-state index >= 15 is 0 Å². The van der Waals surface area contributed by atoms with Crippen LogP contribution in [0.5, 0.6) is 5.75 Å². The van der Waals surface area contributed by atoms with Crippen molar-refractivity contribution in [3.63, 3.8) is 0 Å². The lowest BCUT2D eigenvalue weighted by atomic mass is 9.85. The molecule has 0 bridgehead atoms. The van der Waals surface area contributed by atoms with E-state index in [1.165, 1.54) is 7.11 Å². The van der Waals surface area contributed by atoms with Crippen molar-refractivity contribution in [1.82, 2.24) is 0 Å². The average Bonchev–Trinajstić information content (AvgIpc) is 3.01. The van der Waals surface area contributed by atoms with Crippen LogP contribution in [0, 0.1) is 5.92 Å². The fourth-order valence-electron chi connectivity index (χ4n) is 3.10. The predicted octanol–water partition coefficient (Wildman–Crippen LogP) is 2.29. The van der Waals surface area contributed by atoms with Gasteiger partial charge in [-0.25, -0.2) is 4.79 Å². The van der Waals surface area contributed by atoms with Crippen LogP contribution in [0.2, 0.25) is 0 Å². The molecule has 1 aliphatic rings. The normalized spacial score (nSPS) is 24.9. The summed E-state index contributed by atoms with van der Waals surface area (Å²) in [6, 6.07) is 7.55. The summed E-state index contributed by atoms with van der Waals surface area (Å²) in [5.74, 6) is -1.27. The van der Waals surface area contributed by atoms with Crippen molar-refractivity contribution in [3.05, 3.63) is 29.8 Å². The molecule has 0 radical (unpaired) electrons. The maximum atomic E-state index is 12.4. The van der Waals surface area contributed by atoms with E-state index in [1.54, 1.807) is 21.0 Å². The number of aliphatic hydroxyl groups excluding tert-OH is 1. The van der Waals surface area contributed by atoms with Crippen LogP contribution >= 0.6 is 0 Å². The lowest BCUT2D eigenvalue weighted by Gasteiger charge is -2.36. The Kier molecular flexibility index (Phi) is 6.86. The van der Waals surface area contributed by atoms with Gasteiger partial charge in [-0.15, -0.1) is 0 Å². The number of hydrogen-bond acceptors (Lipinski definition) is 7. The first-order chi connectivity index (χ1) is 12.6. The van der Waals surface area contributed by atoms with Crippen molar-refractivity contribution in [2.75, 3.05) is 20.8 Å². The largest absolute Gasteiger partial charge is 0.497 e. The number of methoxy groups -OCH3 is 2. The molecule has 1 heterocycles. The van der Waals surface area contributed by atoms with Gasteiger partial charge in [-0.05, 0) is 38.5 Å². The van der Waals surface area contributed by atoms with E-state index in [0.29, 0.717) is 6.61 Å². The van der Waals surface area contributed by atoms with Crippen LogP contribution in [0.25, 0.3) is 0 Å². The molecule has 4 atom stereocenters. The minimum absolute atomic E-state index is 0.0800. The maximum Gasteiger partial charge on any atom is 0.343 e. The second-order valence-electron chi connectivity index (χ2n) is 7.34. The summed E-state index contributed by atoms with van der Waals surface area (Å²) in [6.07, 6.45) is -1.49. The Labute approximate surface area is 160 Å². The zero-order chi connectivity index (χ0) is 20.2. The third kappa shape index (κ3) is 4.79. The molecular formula is C20H30O7. The number of hydrogen-bond donors (Lipinski definition) is 1. The zero-order valence-corrected chi connectivity index (χ0v) is 16.9. The van der Waals surface area contributed by atoms with Gasteiger partial charge in [0.25, 0.3) is 0 Å². The molecule has 7 heteroatoms. The van der Waals surface area contributed by atoms with Gasteiger partial charge in [-0.1, -0.05) is 19.1 Å². The van der Waals surface area contributed by atoms with Gasteiger partial charge in [-0.3, -0.25) is 0 Å². The molecule has 1 aliphatic heterocycles. The van der Waals surface area contributed by atoms with Gasteiger partial charge in [0.15, 0.2) is 5.79 Å². The van der Waals surface area contributed by atoms with Crippen molar-refractivity contribution in [2.24, 2.45) is 5.92 Å². The molecule has 7 nitrogen and oxygen atoms in total. The molecule has 27 heavy (non-hydrogen) atoms. The lowest BCUT2D eigenvalue weighted by Crippen LogP contribution is -2.57. The second kappa shape index (κ2) is 8.56. The van der Waals surface area contributed by atoms with Crippen molar-refractivity contribution in [2.45, 2.75) is 57.9 Å². The summed E-state index contributed by atoms with van der Waals surface area (Å²) in [5, 5.41) is 10.9. The van der Waals surface area contributed by atoms with Gasteiger partial charge in [0.1, 0.15) is 11.9 Å². The molecule has 1 aromatic carbocycles. The number of carbonyl (C=O) groups excluding carboxylic acids is 1. The average molecular weight is 382 g/mol. The van der Waals surface area contributed by atoms with Crippen LogP contribution in [0.4, 0.5) is 0 Å². The van der Waals surface area contributed by atoms with Gasteiger partial charge < -0.3 is 28.8 Å². The Balaban J connectivity index is 2.04. The third-order valence-electron chi connectivity index (χ3n) is 4.98. The molecule has 1 N–H and O–H groups in total. The van der Waals surface area contributed by atoms with Crippen molar-refractivity contribution in [3.8, 4) is 5.75 Å². The Bertz CT molecular complexity index is 628. The molecule has 1 saturated heterocycles. The Hall–Kier alpha value is -1.67. The first kappa shape index (κ1) is 21.6. The molecule has 0 amide bonds. The Morgan fingerprint density at radius 2 is 1.85 bits per heavy atom. The standard InChI is InChI=1S/C20H30O7/c1-13(14(2)25-11-15-7-9-16(23-5)10-8-15)17(21)20(18(22)24-6)12-26-19(3,4)27-20/h7-10,13-14,17,21H,11-12H2,1-6H3/t13-,14+,17+,20-/m0/s1. The zero-order valence-electron chi connectivity index (χ0n) is 16.9. The smallest absolute Gasteiger partial charge is 0.343 e. The summed E-state index contributed by atoms with van der Waals surface area (Å²) < 4.78 is 27.3. The molecule has 0 saturated carbocycles. The van der Waals surface area contributed by atoms with Crippen molar-refractivity contribution >= 4 is 5.97 Å². The highest BCUT2D eigenvalue weighted by Crippen LogP contribution is 2.38. The number of carbonyl (C=O) groups is 1. The molecule has 1 fully saturated rings. The second-order valence-corrected chi connectivity index (χ2v) is 7.34. The highest BCUT2D eigenvalue weighted by molar-refractivity contribution is 5.81. The first-order valence-electron chi connectivity index (χ1n) is 9.00. The fraction of sp³-hybridized carbons (Fsp3) is 0.650. The van der Waals surface area contributed by atoms with Gasteiger partial charge in [0.2, 0.25) is 5.60 Å². The number of benzene rings is 1. The molecule has 0 aliphatic carbocycles. The first-order valence-corrected chi connectivity index (χ1v) is 9.00. The molecule has 0 unspecified atom stereocenters. The van der Waals surface area contributed by atoms with Crippen LogP contribution in [0.3, 0.4) is 0 Å². The van der Waals surface area contributed by atoms with E-state index in [9.17, 15) is 9.90 Å². The minimum Gasteiger partial charge on any atom is -0.497 e. The third-order valence-corrected chi connectivity index (χ3v) is 4.98. The lowest BCUT2D eigenvalue weighted by molar-refractivity contribution is -0.214. The molecule has 1 aromatic rings. The molecule has 2 rings (SSSR count). The van der Waals surface area contributed by atoms with E-state index in [2.05, 4.69) is 0 Å². The highest BCUT2D eigenvalue weighted by atomic mass is 16.8. The van der Waals surface area contributed by atoms with Crippen molar-refractivity contribution < 1.29 is 33.6 Å². The SMILES string of the molecule is COC(=O)[C@@]1([C@H](O)[C@@H](C)[C@@H](C)OCc2ccc(OC)cc2)COC(C)(C)O1. The van der Waals surface area contributed by atoms with Gasteiger partial charge >= 0.3 is 5.97 Å². The van der Waals surface area contributed by atoms with Crippen LogP contribution in [-0.4, -0.2) is 55.5 Å². The van der Waals surface area contributed by atoms with Crippen molar-refractivity contribution in [1.29, 1.82) is 0 Å². The van der Waals surface area contributed by atoms with E-state index in [1.807, 2.05) is 38.1 Å².